The molecule has 2 fully saturated rings. The minimum Gasteiger partial charge on any atom is -0.355 e. The van der Waals surface area contributed by atoms with Crippen LogP contribution in [0.3, 0.4) is 0 Å². The molecule has 0 spiro atoms. The molecule has 1 heterocycles. The minimum atomic E-state index is -0.715. The highest BCUT2D eigenvalue weighted by atomic mass is 16.2. The van der Waals surface area contributed by atoms with E-state index < -0.39 is 5.41 Å². The number of nitriles is 1. The summed E-state index contributed by atoms with van der Waals surface area (Å²) in [6.07, 6.45) is 5.05. The fourth-order valence-corrected chi connectivity index (χ4v) is 3.14. The van der Waals surface area contributed by atoms with Gasteiger partial charge in [0.25, 0.3) is 0 Å². The van der Waals surface area contributed by atoms with E-state index in [1.165, 1.54) is 25.9 Å². The van der Waals surface area contributed by atoms with Crippen molar-refractivity contribution in [1.82, 2.24) is 10.2 Å². The monoisotopic (exact) mass is 249 g/mol. The summed E-state index contributed by atoms with van der Waals surface area (Å²) in [5.41, 5.74) is -0.715. The van der Waals surface area contributed by atoms with Gasteiger partial charge in [-0.3, -0.25) is 4.79 Å². The van der Waals surface area contributed by atoms with Crippen molar-refractivity contribution < 1.29 is 4.79 Å². The van der Waals surface area contributed by atoms with Crippen molar-refractivity contribution in [3.8, 4) is 6.07 Å². The molecule has 1 N–H and O–H groups in total. The zero-order chi connectivity index (χ0) is 13.0. The number of nitrogens with one attached hydrogen (secondary N) is 1. The maximum Gasteiger partial charge on any atom is 0.240 e. The van der Waals surface area contributed by atoms with E-state index in [1.807, 2.05) is 0 Å². The highest BCUT2D eigenvalue weighted by molar-refractivity contribution is 5.86. The van der Waals surface area contributed by atoms with Crippen LogP contribution in [0.1, 0.15) is 39.0 Å². The third-order valence-electron chi connectivity index (χ3n) is 4.18. The SMILES string of the molecule is CC1CC(C#N)(C(=O)NCCCN2CCCC2)C1. The molecule has 1 saturated carbocycles. The van der Waals surface area contributed by atoms with Gasteiger partial charge in [-0.05, 0) is 57.7 Å². The zero-order valence-corrected chi connectivity index (χ0v) is 11.2. The Morgan fingerprint density at radius 2 is 2.11 bits per heavy atom. The van der Waals surface area contributed by atoms with Crippen molar-refractivity contribution in [2.75, 3.05) is 26.2 Å². The van der Waals surface area contributed by atoms with Crippen LogP contribution in [0.15, 0.2) is 0 Å². The second kappa shape index (κ2) is 5.71. The van der Waals surface area contributed by atoms with Gasteiger partial charge in [-0.1, -0.05) is 6.92 Å². The molecule has 1 aliphatic heterocycles. The average molecular weight is 249 g/mol. The van der Waals surface area contributed by atoms with Gasteiger partial charge in [-0.2, -0.15) is 5.26 Å². The Morgan fingerprint density at radius 1 is 1.44 bits per heavy atom. The Kier molecular flexibility index (Phi) is 4.23. The number of amides is 1. The summed E-state index contributed by atoms with van der Waals surface area (Å²) in [5.74, 6) is 0.463. The van der Waals surface area contributed by atoms with Crippen LogP contribution in [-0.4, -0.2) is 37.0 Å². The van der Waals surface area contributed by atoms with E-state index in [9.17, 15) is 4.79 Å². The molecule has 0 aromatic carbocycles. The smallest absolute Gasteiger partial charge is 0.240 e. The van der Waals surface area contributed by atoms with E-state index in [2.05, 4.69) is 23.2 Å². The first kappa shape index (κ1) is 13.4. The molecular formula is C14H23N3O. The maximum atomic E-state index is 12.0. The van der Waals surface area contributed by atoms with Gasteiger partial charge in [0.05, 0.1) is 6.07 Å². The summed E-state index contributed by atoms with van der Waals surface area (Å²) in [5, 5.41) is 12.1. The first-order chi connectivity index (χ1) is 8.66. The van der Waals surface area contributed by atoms with Crippen molar-refractivity contribution in [2.45, 2.75) is 39.0 Å². The topological polar surface area (TPSA) is 56.1 Å². The lowest BCUT2D eigenvalue weighted by atomic mass is 9.63. The van der Waals surface area contributed by atoms with Crippen LogP contribution in [0.4, 0.5) is 0 Å². The van der Waals surface area contributed by atoms with E-state index in [1.54, 1.807) is 0 Å². The minimum absolute atomic E-state index is 0.0514. The van der Waals surface area contributed by atoms with Crippen molar-refractivity contribution in [1.29, 1.82) is 5.26 Å². The molecule has 1 amide bonds. The number of nitrogens with zero attached hydrogens (tertiary/aromatic N) is 2. The summed E-state index contributed by atoms with van der Waals surface area (Å²) in [6, 6.07) is 2.20. The molecule has 4 nitrogen and oxygen atoms in total. The lowest BCUT2D eigenvalue weighted by molar-refractivity contribution is -0.133. The third-order valence-corrected chi connectivity index (χ3v) is 4.18. The van der Waals surface area contributed by atoms with Gasteiger partial charge in [-0.15, -0.1) is 0 Å². The Hall–Kier alpha value is -1.08. The van der Waals surface area contributed by atoms with Gasteiger partial charge in [0.2, 0.25) is 5.91 Å². The molecule has 100 valence electrons. The third kappa shape index (κ3) is 2.84. The van der Waals surface area contributed by atoms with E-state index in [0.29, 0.717) is 12.5 Å². The second-order valence-corrected chi connectivity index (χ2v) is 5.87. The van der Waals surface area contributed by atoms with Crippen LogP contribution in [-0.2, 0) is 4.79 Å². The molecule has 4 heteroatoms. The van der Waals surface area contributed by atoms with Gasteiger partial charge in [0.1, 0.15) is 5.41 Å². The molecule has 0 radical (unpaired) electrons. The van der Waals surface area contributed by atoms with Crippen LogP contribution >= 0.6 is 0 Å². The van der Waals surface area contributed by atoms with Gasteiger partial charge < -0.3 is 10.2 Å². The van der Waals surface area contributed by atoms with Gasteiger partial charge in [-0.25, -0.2) is 0 Å². The number of carbonyl (C=O) groups excluding carboxylic acids is 1. The average Bonchev–Trinajstić information content (AvgIpc) is 2.83. The largest absolute Gasteiger partial charge is 0.355 e. The molecule has 0 unspecified atom stereocenters. The highest BCUT2D eigenvalue weighted by Crippen LogP contribution is 2.44. The molecule has 0 aromatic rings. The second-order valence-electron chi connectivity index (χ2n) is 5.87. The van der Waals surface area contributed by atoms with Crippen molar-refractivity contribution >= 4 is 5.91 Å². The number of hydrogen-bond donors (Lipinski definition) is 1. The standard InChI is InChI=1S/C14H23N3O/c1-12-9-14(10-12,11-15)13(18)16-5-4-8-17-6-2-3-7-17/h12H,2-10H2,1H3,(H,16,18). The Morgan fingerprint density at radius 3 is 2.67 bits per heavy atom. The first-order valence-corrected chi connectivity index (χ1v) is 7.08. The van der Waals surface area contributed by atoms with Crippen LogP contribution in [0.25, 0.3) is 0 Å². The Labute approximate surface area is 109 Å². The van der Waals surface area contributed by atoms with Gasteiger partial charge in [0.15, 0.2) is 0 Å². The van der Waals surface area contributed by atoms with E-state index in [4.69, 9.17) is 5.26 Å². The van der Waals surface area contributed by atoms with E-state index >= 15 is 0 Å². The van der Waals surface area contributed by atoms with Crippen LogP contribution in [0.2, 0.25) is 0 Å². The zero-order valence-electron chi connectivity index (χ0n) is 11.2. The maximum absolute atomic E-state index is 12.0. The quantitative estimate of drug-likeness (QED) is 0.752. The highest BCUT2D eigenvalue weighted by Gasteiger charge is 2.48. The number of likely N-dealkylation sites (tertiary alicyclic amines) is 1. The molecule has 0 atom stereocenters. The summed E-state index contributed by atoms with van der Waals surface area (Å²) in [4.78, 5) is 14.4. The fourth-order valence-electron chi connectivity index (χ4n) is 3.14. The summed E-state index contributed by atoms with van der Waals surface area (Å²) in [6.45, 7) is 6.26. The summed E-state index contributed by atoms with van der Waals surface area (Å²) >= 11 is 0. The van der Waals surface area contributed by atoms with Crippen LogP contribution in [0.5, 0.6) is 0 Å². The molecule has 2 aliphatic rings. The Bertz CT molecular complexity index is 335. The molecule has 0 aromatic heterocycles. The normalized spacial score (nSPS) is 31.7. The van der Waals surface area contributed by atoms with Crippen LogP contribution in [0, 0.1) is 22.7 Å². The van der Waals surface area contributed by atoms with E-state index in [-0.39, 0.29) is 5.91 Å². The molecule has 18 heavy (non-hydrogen) atoms. The number of rotatable bonds is 5. The molecule has 2 rings (SSSR count). The summed E-state index contributed by atoms with van der Waals surface area (Å²) < 4.78 is 0. The lowest BCUT2D eigenvalue weighted by Gasteiger charge is -2.39. The molecule has 1 saturated heterocycles. The number of carbonyl (C=O) groups is 1. The molecule has 0 bridgehead atoms. The van der Waals surface area contributed by atoms with E-state index in [0.717, 1.165) is 25.8 Å². The summed E-state index contributed by atoms with van der Waals surface area (Å²) in [7, 11) is 0. The van der Waals surface area contributed by atoms with Crippen LogP contribution < -0.4 is 5.32 Å². The van der Waals surface area contributed by atoms with Crippen molar-refractivity contribution in [3.63, 3.8) is 0 Å². The van der Waals surface area contributed by atoms with Gasteiger partial charge in [0, 0.05) is 6.54 Å². The fraction of sp³-hybridized carbons (Fsp3) is 0.857. The lowest BCUT2D eigenvalue weighted by Crippen LogP contribution is -2.48. The first-order valence-electron chi connectivity index (χ1n) is 7.08. The molecular weight excluding hydrogens is 226 g/mol. The van der Waals surface area contributed by atoms with Gasteiger partial charge >= 0.3 is 0 Å². The van der Waals surface area contributed by atoms with Crippen molar-refractivity contribution in [2.24, 2.45) is 11.3 Å². The number of hydrogen-bond acceptors (Lipinski definition) is 3. The Balaban J connectivity index is 1.64. The predicted octanol–water partition coefficient (Wildman–Crippen LogP) is 1.53. The molecule has 1 aliphatic carbocycles. The van der Waals surface area contributed by atoms with Crippen molar-refractivity contribution in [3.05, 3.63) is 0 Å². The predicted molar refractivity (Wildman–Crippen MR) is 69.7 cm³/mol.